The molecule has 2 rings (SSSR count). The second-order valence-electron chi connectivity index (χ2n) is 6.24. The van der Waals surface area contributed by atoms with Crippen molar-refractivity contribution in [3.05, 3.63) is 38.9 Å². The lowest BCUT2D eigenvalue weighted by atomic mass is 9.93. The summed E-state index contributed by atoms with van der Waals surface area (Å²) in [5.41, 5.74) is -2.44. The Morgan fingerprint density at radius 2 is 2.09 bits per heavy atom. The summed E-state index contributed by atoms with van der Waals surface area (Å²) in [7, 11) is 0. The van der Waals surface area contributed by atoms with Crippen LogP contribution in [-0.2, 0) is 4.74 Å². The van der Waals surface area contributed by atoms with E-state index in [4.69, 9.17) is 4.74 Å². The molecule has 0 saturated carbocycles. The number of nitro benzene ring substituents is 1. The summed E-state index contributed by atoms with van der Waals surface area (Å²) in [6.07, 6.45) is 0.988. The molecule has 1 N–H and O–H groups in total. The number of nitrogens with one attached hydrogen (secondary N) is 1. The van der Waals surface area contributed by atoms with Gasteiger partial charge in [0.2, 0.25) is 5.82 Å². The first kappa shape index (κ1) is 17.3. The lowest BCUT2D eigenvalue weighted by molar-refractivity contribution is -0.387. The summed E-state index contributed by atoms with van der Waals surface area (Å²) in [6.45, 7) is 5.36. The van der Waals surface area contributed by atoms with Crippen LogP contribution in [0.2, 0.25) is 0 Å². The minimum atomic E-state index is -1.46. The smallest absolute Gasteiger partial charge is 0.306 e. The summed E-state index contributed by atoms with van der Waals surface area (Å²) in [5, 5.41) is 13.4. The van der Waals surface area contributed by atoms with E-state index in [0.717, 1.165) is 6.07 Å². The van der Waals surface area contributed by atoms with Crippen LogP contribution < -0.4 is 5.32 Å². The standard InChI is InChI=1S/C15H18F2N2O4/c1-8-6-10(19(21)22)13(17)11(12(8)16)14(20)18-9-4-5-23-15(2,3)7-9/h6,9H,4-5,7H2,1-3H3,(H,18,20). The van der Waals surface area contributed by atoms with Crippen LogP contribution >= 0.6 is 0 Å². The molecule has 1 aromatic rings. The number of nitrogens with zero attached hydrogens (tertiary/aromatic N) is 1. The fourth-order valence-electron chi connectivity index (χ4n) is 2.70. The first-order valence-corrected chi connectivity index (χ1v) is 7.20. The number of hydrogen-bond donors (Lipinski definition) is 1. The van der Waals surface area contributed by atoms with E-state index in [-0.39, 0.29) is 11.6 Å². The maximum Gasteiger partial charge on any atom is 0.306 e. The Morgan fingerprint density at radius 3 is 2.65 bits per heavy atom. The van der Waals surface area contributed by atoms with Crippen molar-refractivity contribution in [2.24, 2.45) is 0 Å². The highest BCUT2D eigenvalue weighted by Gasteiger charge is 2.33. The zero-order valence-corrected chi connectivity index (χ0v) is 13.1. The van der Waals surface area contributed by atoms with Gasteiger partial charge in [-0.2, -0.15) is 4.39 Å². The maximum absolute atomic E-state index is 14.2. The third-order valence-corrected chi connectivity index (χ3v) is 3.82. The van der Waals surface area contributed by atoms with Gasteiger partial charge in [0.05, 0.1) is 10.5 Å². The van der Waals surface area contributed by atoms with E-state index in [1.807, 2.05) is 13.8 Å². The molecule has 0 radical (unpaired) electrons. The van der Waals surface area contributed by atoms with Gasteiger partial charge in [-0.15, -0.1) is 0 Å². The summed E-state index contributed by atoms with van der Waals surface area (Å²) in [5.74, 6) is -3.53. The molecule has 1 heterocycles. The van der Waals surface area contributed by atoms with Crippen LogP contribution in [0.25, 0.3) is 0 Å². The van der Waals surface area contributed by atoms with Crippen LogP contribution in [0.4, 0.5) is 14.5 Å². The molecule has 8 heteroatoms. The fourth-order valence-corrected chi connectivity index (χ4v) is 2.70. The van der Waals surface area contributed by atoms with Crippen molar-refractivity contribution in [3.63, 3.8) is 0 Å². The van der Waals surface area contributed by atoms with Gasteiger partial charge >= 0.3 is 5.69 Å². The maximum atomic E-state index is 14.2. The molecule has 1 unspecified atom stereocenters. The van der Waals surface area contributed by atoms with Crippen LogP contribution in [-0.4, -0.2) is 29.1 Å². The molecule has 1 fully saturated rings. The summed E-state index contributed by atoms with van der Waals surface area (Å²) in [4.78, 5) is 22.1. The Balaban J connectivity index is 2.30. The van der Waals surface area contributed by atoms with Crippen LogP contribution in [0.5, 0.6) is 0 Å². The Hall–Kier alpha value is -2.09. The first-order valence-electron chi connectivity index (χ1n) is 7.20. The molecule has 0 aliphatic carbocycles. The average molecular weight is 328 g/mol. The van der Waals surface area contributed by atoms with Crippen LogP contribution in [0.15, 0.2) is 6.07 Å². The number of halogens is 2. The number of aryl methyl sites for hydroxylation is 1. The van der Waals surface area contributed by atoms with Gasteiger partial charge in [-0.25, -0.2) is 4.39 Å². The predicted octanol–water partition coefficient (Wildman–Crippen LogP) is 2.87. The second kappa shape index (κ2) is 6.19. The van der Waals surface area contributed by atoms with Gasteiger partial charge in [-0.3, -0.25) is 14.9 Å². The van der Waals surface area contributed by atoms with Crippen molar-refractivity contribution in [2.45, 2.75) is 45.3 Å². The molecule has 1 aliphatic rings. The SMILES string of the molecule is Cc1cc([N+](=O)[O-])c(F)c(C(=O)NC2CCOC(C)(C)C2)c1F. The van der Waals surface area contributed by atoms with Crippen molar-refractivity contribution in [1.82, 2.24) is 5.32 Å². The molecule has 0 bridgehead atoms. The van der Waals surface area contributed by atoms with E-state index in [1.54, 1.807) is 0 Å². The topological polar surface area (TPSA) is 81.5 Å². The zero-order valence-electron chi connectivity index (χ0n) is 13.1. The van der Waals surface area contributed by atoms with E-state index >= 15 is 0 Å². The number of nitro groups is 1. The highest BCUT2D eigenvalue weighted by Crippen LogP contribution is 2.28. The van der Waals surface area contributed by atoms with E-state index in [0.29, 0.717) is 19.4 Å². The number of hydrogen-bond acceptors (Lipinski definition) is 4. The van der Waals surface area contributed by atoms with E-state index in [9.17, 15) is 23.7 Å². The normalized spacial score (nSPS) is 20.1. The number of rotatable bonds is 3. The van der Waals surface area contributed by atoms with E-state index in [2.05, 4.69) is 5.32 Å². The molecule has 1 atom stereocenters. The van der Waals surface area contributed by atoms with Crippen molar-refractivity contribution in [3.8, 4) is 0 Å². The summed E-state index contributed by atoms with van der Waals surface area (Å²) < 4.78 is 33.8. The van der Waals surface area contributed by atoms with Gasteiger partial charge in [-0.05, 0) is 39.2 Å². The van der Waals surface area contributed by atoms with Crippen molar-refractivity contribution in [2.75, 3.05) is 6.61 Å². The van der Waals surface area contributed by atoms with Crippen LogP contribution in [0.3, 0.4) is 0 Å². The van der Waals surface area contributed by atoms with E-state index < -0.39 is 39.3 Å². The molecular weight excluding hydrogens is 310 g/mol. The van der Waals surface area contributed by atoms with Gasteiger partial charge in [0.1, 0.15) is 11.4 Å². The number of amides is 1. The van der Waals surface area contributed by atoms with E-state index in [1.165, 1.54) is 6.92 Å². The van der Waals surface area contributed by atoms with Crippen molar-refractivity contribution >= 4 is 11.6 Å². The lowest BCUT2D eigenvalue weighted by Crippen LogP contribution is -2.46. The largest absolute Gasteiger partial charge is 0.375 e. The Bertz CT molecular complexity index is 661. The molecule has 6 nitrogen and oxygen atoms in total. The summed E-state index contributed by atoms with van der Waals surface area (Å²) >= 11 is 0. The fraction of sp³-hybridized carbons (Fsp3) is 0.533. The predicted molar refractivity (Wildman–Crippen MR) is 78.3 cm³/mol. The number of benzene rings is 1. The van der Waals surface area contributed by atoms with Crippen LogP contribution in [0, 0.1) is 28.7 Å². The van der Waals surface area contributed by atoms with Crippen LogP contribution in [0.1, 0.15) is 42.6 Å². The van der Waals surface area contributed by atoms with Gasteiger partial charge in [-0.1, -0.05) is 0 Å². The second-order valence-corrected chi connectivity index (χ2v) is 6.24. The van der Waals surface area contributed by atoms with Gasteiger partial charge in [0.15, 0.2) is 0 Å². The third kappa shape index (κ3) is 3.64. The Kier molecular flexibility index (Phi) is 4.65. The zero-order chi connectivity index (χ0) is 17.4. The summed E-state index contributed by atoms with van der Waals surface area (Å²) in [6, 6.07) is 0.462. The number of ether oxygens (including phenoxy) is 1. The quantitative estimate of drug-likeness (QED) is 0.683. The molecular formula is C15H18F2N2O4. The molecule has 1 aromatic carbocycles. The molecule has 0 aromatic heterocycles. The lowest BCUT2D eigenvalue weighted by Gasteiger charge is -2.35. The highest BCUT2D eigenvalue weighted by molar-refractivity contribution is 5.96. The minimum absolute atomic E-state index is 0.157. The van der Waals surface area contributed by atoms with Gasteiger partial charge < -0.3 is 10.1 Å². The number of carbonyl (C=O) groups is 1. The third-order valence-electron chi connectivity index (χ3n) is 3.82. The molecule has 23 heavy (non-hydrogen) atoms. The van der Waals surface area contributed by atoms with Gasteiger partial charge in [0, 0.05) is 18.7 Å². The molecule has 1 amide bonds. The van der Waals surface area contributed by atoms with Crippen molar-refractivity contribution < 1.29 is 23.2 Å². The Morgan fingerprint density at radius 1 is 1.43 bits per heavy atom. The number of carbonyl (C=O) groups excluding carboxylic acids is 1. The molecule has 1 saturated heterocycles. The molecule has 126 valence electrons. The minimum Gasteiger partial charge on any atom is -0.375 e. The van der Waals surface area contributed by atoms with Crippen molar-refractivity contribution in [1.29, 1.82) is 0 Å². The molecule has 1 aliphatic heterocycles. The monoisotopic (exact) mass is 328 g/mol. The first-order chi connectivity index (χ1) is 10.6. The highest BCUT2D eigenvalue weighted by atomic mass is 19.1. The molecule has 0 spiro atoms. The average Bonchev–Trinajstić information content (AvgIpc) is 2.41. The van der Waals surface area contributed by atoms with Gasteiger partial charge in [0.25, 0.3) is 5.91 Å². The Labute approximate surface area is 132 Å².